The van der Waals surface area contributed by atoms with Crippen LogP contribution < -0.4 is 11.2 Å². The Kier molecular flexibility index (Phi) is 7.17. The normalized spacial score (nSPS) is 10.4. The first kappa shape index (κ1) is 18.6. The fraction of sp³-hybridized carbons (Fsp3) is 0.571. The maximum atomic E-state index is 13.6. The van der Waals surface area contributed by atoms with Crippen LogP contribution in [-0.2, 0) is 32.5 Å². The first-order chi connectivity index (χ1) is 10.9. The Morgan fingerprint density at radius 2 is 1.57 bits per heavy atom. The van der Waals surface area contributed by atoms with Gasteiger partial charge in [-0.2, -0.15) is 4.39 Å². The lowest BCUT2D eigenvalue weighted by atomic mass is 10.3. The van der Waals surface area contributed by atoms with Gasteiger partial charge in [0.1, 0.15) is 0 Å². The molecule has 0 bridgehead atoms. The van der Waals surface area contributed by atoms with E-state index in [0.717, 1.165) is 4.57 Å². The molecular formula is C14H19FN2O6. The summed E-state index contributed by atoms with van der Waals surface area (Å²) >= 11 is 0. The highest BCUT2D eigenvalue weighted by atomic mass is 19.1. The molecule has 1 aromatic heterocycles. The summed E-state index contributed by atoms with van der Waals surface area (Å²) in [5, 5.41) is 0. The monoisotopic (exact) mass is 330 g/mol. The second-order valence-corrected chi connectivity index (χ2v) is 4.75. The van der Waals surface area contributed by atoms with Crippen LogP contribution in [0.3, 0.4) is 0 Å². The van der Waals surface area contributed by atoms with E-state index >= 15 is 0 Å². The fourth-order valence-electron chi connectivity index (χ4n) is 1.66. The van der Waals surface area contributed by atoms with Crippen LogP contribution in [0.25, 0.3) is 0 Å². The second kappa shape index (κ2) is 8.86. The van der Waals surface area contributed by atoms with Gasteiger partial charge in [-0.3, -0.25) is 19.0 Å². The van der Waals surface area contributed by atoms with Crippen molar-refractivity contribution in [3.63, 3.8) is 0 Å². The van der Waals surface area contributed by atoms with Gasteiger partial charge in [0.05, 0.1) is 6.20 Å². The second-order valence-electron chi connectivity index (χ2n) is 4.75. The van der Waals surface area contributed by atoms with E-state index in [9.17, 15) is 23.6 Å². The Labute approximate surface area is 131 Å². The maximum Gasteiger partial charge on any atom is 0.336 e. The highest BCUT2D eigenvalue weighted by Gasteiger charge is 2.14. The van der Waals surface area contributed by atoms with E-state index in [1.807, 2.05) is 0 Å². The first-order valence-corrected chi connectivity index (χ1v) is 7.21. The lowest BCUT2D eigenvalue weighted by molar-refractivity contribution is -0.147. The van der Waals surface area contributed by atoms with Crippen LogP contribution in [-0.4, -0.2) is 21.1 Å². The molecule has 128 valence electrons. The van der Waals surface area contributed by atoms with Crippen molar-refractivity contribution < 1.29 is 23.5 Å². The third-order valence-electron chi connectivity index (χ3n) is 2.82. The van der Waals surface area contributed by atoms with Gasteiger partial charge in [-0.15, -0.1) is 0 Å². The Morgan fingerprint density at radius 1 is 1.04 bits per heavy atom. The predicted octanol–water partition coefficient (Wildman–Crippen LogP) is 0.751. The van der Waals surface area contributed by atoms with Crippen LogP contribution >= 0.6 is 0 Å². The van der Waals surface area contributed by atoms with Crippen molar-refractivity contribution in [2.75, 3.05) is 0 Å². The van der Waals surface area contributed by atoms with Crippen LogP contribution in [0.4, 0.5) is 4.39 Å². The van der Waals surface area contributed by atoms with E-state index in [0.29, 0.717) is 23.6 Å². The molecule has 0 unspecified atom stereocenters. The van der Waals surface area contributed by atoms with Crippen molar-refractivity contribution >= 4 is 11.9 Å². The quantitative estimate of drug-likeness (QED) is 0.653. The van der Waals surface area contributed by atoms with Gasteiger partial charge in [0, 0.05) is 12.8 Å². The fourth-order valence-corrected chi connectivity index (χ4v) is 1.66. The summed E-state index contributed by atoms with van der Waals surface area (Å²) in [5.41, 5.74) is -2.15. The summed E-state index contributed by atoms with van der Waals surface area (Å²) in [5.74, 6) is -2.38. The van der Waals surface area contributed by atoms with Crippen molar-refractivity contribution in [2.24, 2.45) is 0 Å². The van der Waals surface area contributed by atoms with Crippen LogP contribution in [0.15, 0.2) is 15.8 Å². The van der Waals surface area contributed by atoms with Crippen LogP contribution in [0.5, 0.6) is 0 Å². The summed E-state index contributed by atoms with van der Waals surface area (Å²) in [6.07, 6.45) is 2.02. The van der Waals surface area contributed by atoms with Gasteiger partial charge < -0.3 is 9.47 Å². The van der Waals surface area contributed by atoms with Crippen LogP contribution in [0, 0.1) is 5.82 Å². The molecule has 0 saturated carbocycles. The van der Waals surface area contributed by atoms with Gasteiger partial charge in [-0.1, -0.05) is 13.8 Å². The predicted molar refractivity (Wildman–Crippen MR) is 76.9 cm³/mol. The molecule has 9 heteroatoms. The summed E-state index contributed by atoms with van der Waals surface area (Å²) < 4.78 is 24.3. The van der Waals surface area contributed by atoms with Crippen molar-refractivity contribution in [1.82, 2.24) is 9.13 Å². The SMILES string of the molecule is CCCC(=O)OCn1cc(F)c(=O)n(COC(=O)CCC)c1=O. The van der Waals surface area contributed by atoms with E-state index in [2.05, 4.69) is 0 Å². The highest BCUT2D eigenvalue weighted by Crippen LogP contribution is 1.95. The van der Waals surface area contributed by atoms with Gasteiger partial charge in [0.2, 0.25) is 5.82 Å². The molecule has 1 aromatic rings. The van der Waals surface area contributed by atoms with Gasteiger partial charge in [-0.05, 0) is 12.8 Å². The lowest BCUT2D eigenvalue weighted by Gasteiger charge is -2.11. The molecule has 0 aliphatic heterocycles. The molecule has 0 atom stereocenters. The largest absolute Gasteiger partial charge is 0.444 e. The number of aromatic nitrogens is 2. The Hall–Kier alpha value is -2.45. The number of nitrogens with zero attached hydrogens (tertiary/aromatic N) is 2. The summed E-state index contributed by atoms with van der Waals surface area (Å²) in [6.45, 7) is 2.31. The molecule has 0 N–H and O–H groups in total. The van der Waals surface area contributed by atoms with E-state index < -0.39 is 42.5 Å². The zero-order valence-electron chi connectivity index (χ0n) is 13.0. The molecule has 8 nitrogen and oxygen atoms in total. The molecule has 0 aliphatic carbocycles. The standard InChI is InChI=1S/C14H19FN2O6/c1-3-5-11(18)22-8-16-7-10(15)13(20)17(14(16)21)9-23-12(19)6-4-2/h7H,3-6,8-9H2,1-2H3. The Bertz CT molecular complexity index is 679. The molecule has 0 amide bonds. The third kappa shape index (κ3) is 5.35. The average molecular weight is 330 g/mol. The molecule has 0 spiro atoms. The third-order valence-corrected chi connectivity index (χ3v) is 2.82. The van der Waals surface area contributed by atoms with Crippen LogP contribution in [0.2, 0.25) is 0 Å². The van der Waals surface area contributed by atoms with E-state index in [1.165, 1.54) is 0 Å². The molecule has 0 fully saturated rings. The minimum Gasteiger partial charge on any atom is -0.444 e. The van der Waals surface area contributed by atoms with Crippen molar-refractivity contribution in [2.45, 2.75) is 53.0 Å². The molecule has 1 heterocycles. The van der Waals surface area contributed by atoms with Gasteiger partial charge in [0.25, 0.3) is 5.56 Å². The lowest BCUT2D eigenvalue weighted by Crippen LogP contribution is -2.42. The zero-order chi connectivity index (χ0) is 17.4. The van der Waals surface area contributed by atoms with Gasteiger partial charge in [-0.25, -0.2) is 9.36 Å². The summed E-state index contributed by atoms with van der Waals surface area (Å²) in [7, 11) is 0. The number of hydrogen-bond acceptors (Lipinski definition) is 6. The minimum absolute atomic E-state index is 0.118. The number of carbonyl (C=O) groups is 2. The summed E-state index contributed by atoms with van der Waals surface area (Å²) in [6, 6.07) is 0. The number of ether oxygens (including phenoxy) is 2. The van der Waals surface area contributed by atoms with Crippen molar-refractivity contribution in [3.05, 3.63) is 32.9 Å². The molecule has 0 aromatic carbocycles. The summed E-state index contributed by atoms with van der Waals surface area (Å²) in [4.78, 5) is 46.3. The van der Waals surface area contributed by atoms with E-state index in [4.69, 9.17) is 9.47 Å². The van der Waals surface area contributed by atoms with Crippen LogP contribution in [0.1, 0.15) is 39.5 Å². The average Bonchev–Trinajstić information content (AvgIpc) is 2.50. The molecule has 0 aliphatic rings. The number of halogens is 1. The Balaban J connectivity index is 2.94. The molecule has 0 radical (unpaired) electrons. The molecule has 0 saturated heterocycles. The maximum absolute atomic E-state index is 13.6. The minimum atomic E-state index is -1.22. The van der Waals surface area contributed by atoms with Crippen molar-refractivity contribution in [1.29, 1.82) is 0 Å². The van der Waals surface area contributed by atoms with E-state index in [1.54, 1.807) is 13.8 Å². The Morgan fingerprint density at radius 3 is 2.09 bits per heavy atom. The topological polar surface area (TPSA) is 96.6 Å². The first-order valence-electron chi connectivity index (χ1n) is 7.21. The van der Waals surface area contributed by atoms with E-state index in [-0.39, 0.29) is 12.8 Å². The number of hydrogen-bond donors (Lipinski definition) is 0. The van der Waals surface area contributed by atoms with Gasteiger partial charge >= 0.3 is 17.6 Å². The van der Waals surface area contributed by atoms with Crippen molar-refractivity contribution in [3.8, 4) is 0 Å². The number of esters is 2. The van der Waals surface area contributed by atoms with Gasteiger partial charge in [0.15, 0.2) is 13.5 Å². The smallest absolute Gasteiger partial charge is 0.336 e. The molecule has 1 rings (SSSR count). The zero-order valence-corrected chi connectivity index (χ0v) is 13.0. The highest BCUT2D eigenvalue weighted by molar-refractivity contribution is 5.69. The number of rotatable bonds is 8. The molecule has 23 heavy (non-hydrogen) atoms. The number of carbonyl (C=O) groups excluding carboxylic acids is 2. The molecular weight excluding hydrogens is 311 g/mol.